The summed E-state index contributed by atoms with van der Waals surface area (Å²) in [5.41, 5.74) is 3.80. The lowest BCUT2D eigenvalue weighted by Gasteiger charge is -2.09. The predicted molar refractivity (Wildman–Crippen MR) is 63.4 cm³/mol. The van der Waals surface area contributed by atoms with Crippen LogP contribution < -0.4 is 0 Å². The predicted octanol–water partition coefficient (Wildman–Crippen LogP) is 1.94. The second-order valence-electron chi connectivity index (χ2n) is 3.72. The summed E-state index contributed by atoms with van der Waals surface area (Å²) in [5, 5.41) is 14.4. The third-order valence-electron chi connectivity index (χ3n) is 2.47. The normalized spacial score (nSPS) is 12.9. The van der Waals surface area contributed by atoms with Crippen molar-refractivity contribution in [1.29, 1.82) is 0 Å². The van der Waals surface area contributed by atoms with Crippen molar-refractivity contribution in [1.82, 2.24) is 14.8 Å². The molecule has 0 aliphatic rings. The second-order valence-corrected chi connectivity index (χ2v) is 4.63. The molecule has 2 aromatic rings. The Kier molecular flexibility index (Phi) is 3.36. The molecule has 0 radical (unpaired) electrons. The smallest absolute Gasteiger partial charge is 0.0953 e. The Morgan fingerprint density at radius 2 is 2.38 bits per heavy atom. The number of aliphatic hydroxyl groups is 1. The van der Waals surface area contributed by atoms with Crippen molar-refractivity contribution in [3.63, 3.8) is 0 Å². The van der Waals surface area contributed by atoms with E-state index < -0.39 is 6.10 Å². The first-order valence-electron chi connectivity index (χ1n) is 5.30. The van der Waals surface area contributed by atoms with Gasteiger partial charge in [-0.15, -0.1) is 11.3 Å². The maximum Gasteiger partial charge on any atom is 0.0953 e. The first kappa shape index (κ1) is 11.3. The number of hydrogen-bond donors (Lipinski definition) is 1. The lowest BCUT2D eigenvalue weighted by Crippen LogP contribution is -2.07. The fraction of sp³-hybridized carbons (Fsp3) is 0.455. The van der Waals surface area contributed by atoms with Gasteiger partial charge in [-0.05, 0) is 19.9 Å². The van der Waals surface area contributed by atoms with Crippen LogP contribution >= 0.6 is 11.3 Å². The van der Waals surface area contributed by atoms with E-state index in [1.165, 1.54) is 11.3 Å². The minimum absolute atomic E-state index is 0.478. The topological polar surface area (TPSA) is 50.9 Å². The summed E-state index contributed by atoms with van der Waals surface area (Å²) in [6.07, 6.45) is 1.83. The molecule has 16 heavy (non-hydrogen) atoms. The zero-order valence-corrected chi connectivity index (χ0v) is 10.2. The third-order valence-corrected chi connectivity index (χ3v) is 3.34. The average Bonchev–Trinajstić information content (AvgIpc) is 2.87. The summed E-state index contributed by atoms with van der Waals surface area (Å²) in [4.78, 5) is 4.87. The van der Waals surface area contributed by atoms with E-state index in [1.807, 2.05) is 17.7 Å². The van der Waals surface area contributed by atoms with E-state index in [-0.39, 0.29) is 0 Å². The van der Waals surface area contributed by atoms with Gasteiger partial charge in [0.05, 0.1) is 22.2 Å². The number of aromatic nitrogens is 3. The van der Waals surface area contributed by atoms with Crippen LogP contribution in [0.5, 0.6) is 0 Å². The van der Waals surface area contributed by atoms with Gasteiger partial charge in [-0.1, -0.05) is 0 Å². The van der Waals surface area contributed by atoms with Gasteiger partial charge in [0, 0.05) is 24.9 Å². The summed E-state index contributed by atoms with van der Waals surface area (Å²) in [5.74, 6) is 0. The minimum Gasteiger partial charge on any atom is -0.387 e. The Morgan fingerprint density at radius 3 is 3.00 bits per heavy atom. The summed E-state index contributed by atoms with van der Waals surface area (Å²) in [6, 6.07) is 2.02. The summed E-state index contributed by atoms with van der Waals surface area (Å²) in [7, 11) is 0. The van der Waals surface area contributed by atoms with E-state index in [1.54, 1.807) is 11.7 Å². The van der Waals surface area contributed by atoms with Crippen LogP contribution in [-0.4, -0.2) is 19.9 Å². The van der Waals surface area contributed by atoms with Crippen molar-refractivity contribution in [3.05, 3.63) is 34.0 Å². The number of thiazole rings is 1. The minimum atomic E-state index is -0.478. The van der Waals surface area contributed by atoms with E-state index >= 15 is 0 Å². The van der Waals surface area contributed by atoms with E-state index in [0.717, 1.165) is 22.8 Å². The lowest BCUT2D eigenvalue weighted by atomic mass is 10.1. The van der Waals surface area contributed by atoms with E-state index in [0.29, 0.717) is 6.42 Å². The van der Waals surface area contributed by atoms with Gasteiger partial charge in [-0.25, -0.2) is 0 Å². The zero-order chi connectivity index (χ0) is 11.5. The number of rotatable bonds is 4. The fourth-order valence-electron chi connectivity index (χ4n) is 1.73. The molecule has 2 heterocycles. The van der Waals surface area contributed by atoms with Crippen LogP contribution in [-0.2, 0) is 13.0 Å². The molecule has 1 atom stereocenters. The monoisotopic (exact) mass is 237 g/mol. The molecule has 86 valence electrons. The largest absolute Gasteiger partial charge is 0.387 e. The highest BCUT2D eigenvalue weighted by Crippen LogP contribution is 2.21. The number of nitrogens with zero attached hydrogens (tertiary/aromatic N) is 3. The van der Waals surface area contributed by atoms with E-state index in [4.69, 9.17) is 0 Å². The first-order valence-corrected chi connectivity index (χ1v) is 6.18. The molecule has 0 fully saturated rings. The lowest BCUT2D eigenvalue weighted by molar-refractivity contribution is 0.179. The number of hydrogen-bond acceptors (Lipinski definition) is 4. The average molecular weight is 237 g/mol. The number of aryl methyl sites for hydroxylation is 2. The van der Waals surface area contributed by atoms with Crippen LogP contribution in [0.2, 0.25) is 0 Å². The van der Waals surface area contributed by atoms with Gasteiger partial charge < -0.3 is 5.11 Å². The molecular weight excluding hydrogens is 222 g/mol. The molecule has 0 bridgehead atoms. The Morgan fingerprint density at radius 1 is 1.56 bits per heavy atom. The third kappa shape index (κ3) is 2.31. The molecule has 1 N–H and O–H groups in total. The fourth-order valence-corrected chi connectivity index (χ4v) is 2.33. The highest BCUT2D eigenvalue weighted by Gasteiger charge is 2.13. The van der Waals surface area contributed by atoms with Gasteiger partial charge in [-0.2, -0.15) is 5.10 Å². The van der Waals surface area contributed by atoms with Crippen molar-refractivity contribution < 1.29 is 5.11 Å². The molecule has 0 aliphatic carbocycles. The Bertz CT molecular complexity index is 450. The van der Waals surface area contributed by atoms with Crippen LogP contribution in [0.3, 0.4) is 0 Å². The SMILES string of the molecule is CCn1nc(C)cc1CC(O)c1cncs1. The quantitative estimate of drug-likeness (QED) is 0.884. The van der Waals surface area contributed by atoms with Crippen molar-refractivity contribution in [3.8, 4) is 0 Å². The van der Waals surface area contributed by atoms with Crippen molar-refractivity contribution in [2.45, 2.75) is 32.9 Å². The highest BCUT2D eigenvalue weighted by atomic mass is 32.1. The molecule has 0 spiro atoms. The molecule has 0 amide bonds. The maximum absolute atomic E-state index is 10.0. The number of aliphatic hydroxyl groups excluding tert-OH is 1. The van der Waals surface area contributed by atoms with Gasteiger partial charge >= 0.3 is 0 Å². The van der Waals surface area contributed by atoms with E-state index in [9.17, 15) is 5.11 Å². The highest BCUT2D eigenvalue weighted by molar-refractivity contribution is 7.09. The van der Waals surface area contributed by atoms with Gasteiger partial charge in [0.2, 0.25) is 0 Å². The first-order chi connectivity index (χ1) is 7.70. The van der Waals surface area contributed by atoms with Crippen LogP contribution in [0.15, 0.2) is 17.8 Å². The molecule has 0 aromatic carbocycles. The molecule has 0 aliphatic heterocycles. The zero-order valence-electron chi connectivity index (χ0n) is 9.42. The maximum atomic E-state index is 10.0. The molecule has 2 rings (SSSR count). The second kappa shape index (κ2) is 4.76. The van der Waals surface area contributed by atoms with Crippen molar-refractivity contribution in [2.24, 2.45) is 0 Å². The van der Waals surface area contributed by atoms with Crippen molar-refractivity contribution >= 4 is 11.3 Å². The van der Waals surface area contributed by atoms with Gasteiger partial charge in [0.1, 0.15) is 0 Å². The Balaban J connectivity index is 2.14. The molecule has 4 nitrogen and oxygen atoms in total. The van der Waals surface area contributed by atoms with Crippen LogP contribution in [0, 0.1) is 6.92 Å². The standard InChI is InChI=1S/C11H15N3OS/c1-3-14-9(4-8(2)13-14)5-10(15)11-6-12-7-16-11/h4,6-7,10,15H,3,5H2,1-2H3. The van der Waals surface area contributed by atoms with Crippen LogP contribution in [0.4, 0.5) is 0 Å². The van der Waals surface area contributed by atoms with Gasteiger partial charge in [-0.3, -0.25) is 9.67 Å². The van der Waals surface area contributed by atoms with Gasteiger partial charge in [0.15, 0.2) is 0 Å². The van der Waals surface area contributed by atoms with Gasteiger partial charge in [0.25, 0.3) is 0 Å². The Hall–Kier alpha value is -1.20. The summed E-state index contributed by atoms with van der Waals surface area (Å²) in [6.45, 7) is 4.85. The van der Waals surface area contributed by atoms with Crippen LogP contribution in [0.1, 0.15) is 29.3 Å². The Labute approximate surface area is 98.6 Å². The van der Waals surface area contributed by atoms with Crippen molar-refractivity contribution in [2.75, 3.05) is 0 Å². The molecule has 5 heteroatoms. The summed E-state index contributed by atoms with van der Waals surface area (Å²) >= 11 is 1.48. The summed E-state index contributed by atoms with van der Waals surface area (Å²) < 4.78 is 1.93. The molecule has 0 saturated heterocycles. The van der Waals surface area contributed by atoms with E-state index in [2.05, 4.69) is 17.0 Å². The van der Waals surface area contributed by atoms with Crippen LogP contribution in [0.25, 0.3) is 0 Å². The molecule has 0 saturated carbocycles. The molecule has 1 unspecified atom stereocenters. The molecule has 2 aromatic heterocycles. The molecular formula is C11H15N3OS.